The van der Waals surface area contributed by atoms with Crippen LogP contribution in [0.1, 0.15) is 18.4 Å². The predicted molar refractivity (Wildman–Crippen MR) is 78.0 cm³/mol. The fourth-order valence-corrected chi connectivity index (χ4v) is 3.43. The lowest BCUT2D eigenvalue weighted by Crippen LogP contribution is -2.44. The van der Waals surface area contributed by atoms with Crippen LogP contribution >= 0.6 is 11.6 Å². The van der Waals surface area contributed by atoms with Crippen LogP contribution in [0.2, 0.25) is 5.02 Å². The Morgan fingerprint density at radius 2 is 2.29 bits per heavy atom. The molecule has 2 atom stereocenters. The van der Waals surface area contributed by atoms with Crippen molar-refractivity contribution in [2.45, 2.75) is 25.4 Å². The van der Waals surface area contributed by atoms with Gasteiger partial charge in [0, 0.05) is 36.3 Å². The van der Waals surface area contributed by atoms with Gasteiger partial charge in [-0.3, -0.25) is 19.8 Å². The van der Waals surface area contributed by atoms with Crippen molar-refractivity contribution in [1.82, 2.24) is 10.2 Å². The third-order valence-corrected chi connectivity index (χ3v) is 4.70. The average molecular weight is 310 g/mol. The van der Waals surface area contributed by atoms with Gasteiger partial charge < -0.3 is 5.32 Å². The van der Waals surface area contributed by atoms with E-state index in [9.17, 15) is 14.9 Å². The Morgan fingerprint density at radius 1 is 1.48 bits per heavy atom. The summed E-state index contributed by atoms with van der Waals surface area (Å²) in [6.07, 6.45) is 1.87. The van der Waals surface area contributed by atoms with Crippen molar-refractivity contribution < 1.29 is 9.72 Å². The number of amides is 1. The molecule has 0 radical (unpaired) electrons. The van der Waals surface area contributed by atoms with E-state index in [2.05, 4.69) is 10.2 Å². The molecule has 1 amide bonds. The first-order valence-electron chi connectivity index (χ1n) is 7.01. The van der Waals surface area contributed by atoms with Crippen LogP contribution in [0.15, 0.2) is 18.2 Å². The number of fused-ring (bicyclic) bond motifs is 1. The van der Waals surface area contributed by atoms with E-state index in [-0.39, 0.29) is 23.6 Å². The van der Waals surface area contributed by atoms with Crippen LogP contribution in [-0.2, 0) is 11.3 Å². The number of nitro groups is 1. The summed E-state index contributed by atoms with van der Waals surface area (Å²) in [6.45, 7) is 2.07. The minimum absolute atomic E-state index is 0.0382. The molecule has 1 aromatic carbocycles. The molecule has 2 aliphatic rings. The molecular formula is C14H16ClN3O3. The van der Waals surface area contributed by atoms with Gasteiger partial charge in [-0.15, -0.1) is 0 Å². The second kappa shape index (κ2) is 5.61. The zero-order valence-electron chi connectivity index (χ0n) is 11.4. The molecule has 112 valence electrons. The molecule has 0 aliphatic carbocycles. The summed E-state index contributed by atoms with van der Waals surface area (Å²) in [5.74, 6) is 0.158. The number of halogens is 1. The van der Waals surface area contributed by atoms with Crippen LogP contribution in [-0.4, -0.2) is 34.9 Å². The van der Waals surface area contributed by atoms with Gasteiger partial charge in [0.1, 0.15) is 0 Å². The molecule has 1 N–H and O–H groups in total. The molecule has 0 bridgehead atoms. The van der Waals surface area contributed by atoms with Crippen molar-refractivity contribution in [1.29, 1.82) is 0 Å². The second-order valence-electron chi connectivity index (χ2n) is 5.56. The summed E-state index contributed by atoms with van der Waals surface area (Å²) in [5, 5.41) is 14.3. The van der Waals surface area contributed by atoms with Gasteiger partial charge in [-0.1, -0.05) is 11.6 Å². The van der Waals surface area contributed by atoms with Crippen LogP contribution in [0.25, 0.3) is 0 Å². The Kier molecular flexibility index (Phi) is 3.82. The number of carbonyl (C=O) groups is 1. The maximum Gasteiger partial charge on any atom is 0.269 e. The number of piperidine rings is 1. The topological polar surface area (TPSA) is 75.5 Å². The van der Waals surface area contributed by atoms with Crippen molar-refractivity contribution in [3.05, 3.63) is 38.9 Å². The summed E-state index contributed by atoms with van der Waals surface area (Å²) in [4.78, 5) is 24.4. The van der Waals surface area contributed by atoms with Gasteiger partial charge in [0.05, 0.1) is 10.8 Å². The molecule has 2 saturated heterocycles. The largest absolute Gasteiger partial charge is 0.354 e. The van der Waals surface area contributed by atoms with Gasteiger partial charge in [0.25, 0.3) is 5.69 Å². The molecular weight excluding hydrogens is 294 g/mol. The van der Waals surface area contributed by atoms with Gasteiger partial charge in [-0.05, 0) is 31.0 Å². The van der Waals surface area contributed by atoms with Gasteiger partial charge >= 0.3 is 0 Å². The van der Waals surface area contributed by atoms with E-state index in [1.165, 1.54) is 12.1 Å². The van der Waals surface area contributed by atoms with Crippen LogP contribution in [0.4, 0.5) is 5.69 Å². The maximum atomic E-state index is 11.8. The summed E-state index contributed by atoms with van der Waals surface area (Å²) < 4.78 is 0. The van der Waals surface area contributed by atoms with Crippen LogP contribution in [0.3, 0.4) is 0 Å². The van der Waals surface area contributed by atoms with Gasteiger partial charge in [-0.2, -0.15) is 0 Å². The van der Waals surface area contributed by atoms with Crippen molar-refractivity contribution in [3.8, 4) is 0 Å². The lowest BCUT2D eigenvalue weighted by Gasteiger charge is -2.36. The monoisotopic (exact) mass is 309 g/mol. The SMILES string of the molecule is O=C1NCC2C1CCCN2Cc1cc([N+](=O)[O-])ccc1Cl. The summed E-state index contributed by atoms with van der Waals surface area (Å²) in [5.41, 5.74) is 0.787. The third kappa shape index (κ3) is 2.73. The predicted octanol–water partition coefficient (Wildman–Crippen LogP) is 1.96. The molecule has 2 aliphatic heterocycles. The first kappa shape index (κ1) is 14.3. The molecule has 2 unspecified atom stereocenters. The number of rotatable bonds is 3. The zero-order valence-corrected chi connectivity index (χ0v) is 12.2. The fraction of sp³-hybridized carbons (Fsp3) is 0.500. The lowest BCUT2D eigenvalue weighted by atomic mass is 9.91. The normalized spacial score (nSPS) is 25.5. The van der Waals surface area contributed by atoms with E-state index < -0.39 is 4.92 Å². The minimum Gasteiger partial charge on any atom is -0.354 e. The number of hydrogen-bond acceptors (Lipinski definition) is 4. The van der Waals surface area contributed by atoms with E-state index in [1.54, 1.807) is 6.07 Å². The Balaban J connectivity index is 1.81. The number of nitrogens with one attached hydrogen (secondary N) is 1. The molecule has 0 spiro atoms. The summed E-state index contributed by atoms with van der Waals surface area (Å²) >= 11 is 6.16. The van der Waals surface area contributed by atoms with Crippen molar-refractivity contribution in [3.63, 3.8) is 0 Å². The van der Waals surface area contributed by atoms with Gasteiger partial charge in [0.15, 0.2) is 0 Å². The first-order valence-corrected chi connectivity index (χ1v) is 7.38. The number of benzene rings is 1. The van der Waals surface area contributed by atoms with E-state index in [4.69, 9.17) is 11.6 Å². The Labute approximate surface area is 127 Å². The highest BCUT2D eigenvalue weighted by Gasteiger charge is 2.40. The highest BCUT2D eigenvalue weighted by molar-refractivity contribution is 6.31. The smallest absolute Gasteiger partial charge is 0.269 e. The van der Waals surface area contributed by atoms with E-state index in [1.807, 2.05) is 0 Å². The Morgan fingerprint density at radius 3 is 3.05 bits per heavy atom. The highest BCUT2D eigenvalue weighted by Crippen LogP contribution is 2.31. The minimum atomic E-state index is -0.417. The van der Waals surface area contributed by atoms with Crippen molar-refractivity contribution in [2.24, 2.45) is 5.92 Å². The molecule has 3 rings (SSSR count). The molecule has 21 heavy (non-hydrogen) atoms. The number of non-ortho nitro benzene ring substituents is 1. The molecule has 2 heterocycles. The molecule has 0 saturated carbocycles. The molecule has 1 aromatic rings. The first-order chi connectivity index (χ1) is 10.1. The lowest BCUT2D eigenvalue weighted by molar-refractivity contribution is -0.384. The zero-order chi connectivity index (χ0) is 15.0. The van der Waals surface area contributed by atoms with Crippen molar-refractivity contribution in [2.75, 3.05) is 13.1 Å². The standard InChI is InChI=1S/C14H16ClN3O3/c15-12-4-3-10(18(20)21)6-9(12)8-17-5-1-2-11-13(17)7-16-14(11)19/h3-4,6,11,13H,1-2,5,7-8H2,(H,16,19). The van der Waals surface area contributed by atoms with E-state index >= 15 is 0 Å². The van der Waals surface area contributed by atoms with Crippen LogP contribution in [0, 0.1) is 16.0 Å². The Bertz CT molecular complexity index is 593. The number of nitro benzene ring substituents is 1. The third-order valence-electron chi connectivity index (χ3n) is 4.33. The maximum absolute atomic E-state index is 11.8. The average Bonchev–Trinajstić information content (AvgIpc) is 2.84. The number of carbonyl (C=O) groups excluding carboxylic acids is 1. The highest BCUT2D eigenvalue weighted by atomic mass is 35.5. The fourth-order valence-electron chi connectivity index (χ4n) is 3.25. The second-order valence-corrected chi connectivity index (χ2v) is 5.97. The van der Waals surface area contributed by atoms with E-state index in [0.29, 0.717) is 18.1 Å². The Hall–Kier alpha value is -1.66. The van der Waals surface area contributed by atoms with Crippen LogP contribution < -0.4 is 5.32 Å². The van der Waals surface area contributed by atoms with Crippen LogP contribution in [0.5, 0.6) is 0 Å². The van der Waals surface area contributed by atoms with E-state index in [0.717, 1.165) is 24.9 Å². The van der Waals surface area contributed by atoms with Gasteiger partial charge in [0.2, 0.25) is 5.91 Å². The summed E-state index contributed by atoms with van der Waals surface area (Å²) in [6, 6.07) is 4.66. The van der Waals surface area contributed by atoms with Crippen molar-refractivity contribution >= 4 is 23.2 Å². The number of nitrogens with zero attached hydrogens (tertiary/aromatic N) is 2. The quantitative estimate of drug-likeness (QED) is 0.684. The number of hydrogen-bond donors (Lipinski definition) is 1. The molecule has 7 heteroatoms. The summed E-state index contributed by atoms with van der Waals surface area (Å²) in [7, 11) is 0. The molecule has 2 fully saturated rings. The number of likely N-dealkylation sites (tertiary alicyclic amines) is 1. The molecule has 6 nitrogen and oxygen atoms in total. The molecule has 0 aromatic heterocycles. The van der Waals surface area contributed by atoms with Gasteiger partial charge in [-0.25, -0.2) is 0 Å².